The summed E-state index contributed by atoms with van der Waals surface area (Å²) >= 11 is 0. The van der Waals surface area contributed by atoms with E-state index < -0.39 is 0 Å². The normalized spacial score (nSPS) is 23.9. The molecule has 0 aromatic heterocycles. The Kier molecular flexibility index (Phi) is 4.19. The van der Waals surface area contributed by atoms with Crippen LogP contribution in [0.15, 0.2) is 24.3 Å². The van der Waals surface area contributed by atoms with Crippen molar-refractivity contribution >= 4 is 5.69 Å². The zero-order chi connectivity index (χ0) is 13.0. The molecule has 0 spiro atoms. The summed E-state index contributed by atoms with van der Waals surface area (Å²) in [5.41, 5.74) is 0.297. The topological polar surface area (TPSA) is 32.7 Å². The summed E-state index contributed by atoms with van der Waals surface area (Å²) < 4.78 is 19.2. The lowest BCUT2D eigenvalue weighted by molar-refractivity contribution is -0.0331. The summed E-state index contributed by atoms with van der Waals surface area (Å²) in [5.74, 6) is -0.232. The van der Waals surface area contributed by atoms with Crippen LogP contribution in [0.25, 0.3) is 0 Å². The molecule has 4 heteroatoms. The number of hydrogen-bond donors (Lipinski definition) is 1. The molecular weight excluding hydrogens is 233 g/mol. The molecule has 3 nitrogen and oxygen atoms in total. The standard InChI is InChI=1S/C14H20FNO2/c1-16(13-6-3-2-5-12(13)15)9-14(10-17)7-4-8-18-11-14/h2-3,5-6,17H,4,7-11H2,1H3. The first-order valence-electron chi connectivity index (χ1n) is 6.31. The summed E-state index contributed by atoms with van der Waals surface area (Å²) in [4.78, 5) is 1.86. The van der Waals surface area contributed by atoms with Crippen molar-refractivity contribution in [3.63, 3.8) is 0 Å². The van der Waals surface area contributed by atoms with E-state index in [-0.39, 0.29) is 17.8 Å². The van der Waals surface area contributed by atoms with Crippen LogP contribution in [0.3, 0.4) is 0 Å². The zero-order valence-corrected chi connectivity index (χ0v) is 10.7. The van der Waals surface area contributed by atoms with Crippen molar-refractivity contribution in [1.29, 1.82) is 0 Å². The number of nitrogens with zero attached hydrogens (tertiary/aromatic N) is 1. The van der Waals surface area contributed by atoms with E-state index in [1.165, 1.54) is 6.07 Å². The number of aliphatic hydroxyl groups is 1. The van der Waals surface area contributed by atoms with Gasteiger partial charge in [-0.25, -0.2) is 4.39 Å². The van der Waals surface area contributed by atoms with Crippen LogP contribution in [-0.4, -0.2) is 38.5 Å². The molecule has 1 unspecified atom stereocenters. The lowest BCUT2D eigenvalue weighted by atomic mass is 9.83. The van der Waals surface area contributed by atoms with Gasteiger partial charge < -0.3 is 14.7 Å². The van der Waals surface area contributed by atoms with Gasteiger partial charge in [0.15, 0.2) is 0 Å². The van der Waals surface area contributed by atoms with Gasteiger partial charge in [-0.15, -0.1) is 0 Å². The van der Waals surface area contributed by atoms with Crippen LogP contribution in [0.1, 0.15) is 12.8 Å². The van der Waals surface area contributed by atoms with Crippen LogP contribution in [0.2, 0.25) is 0 Å². The minimum Gasteiger partial charge on any atom is -0.396 e. The third-order valence-electron chi connectivity index (χ3n) is 3.58. The van der Waals surface area contributed by atoms with Crippen LogP contribution < -0.4 is 4.90 Å². The van der Waals surface area contributed by atoms with Crippen molar-refractivity contribution in [1.82, 2.24) is 0 Å². The molecule has 100 valence electrons. The molecular formula is C14H20FNO2. The highest BCUT2D eigenvalue weighted by molar-refractivity contribution is 5.47. The maximum absolute atomic E-state index is 13.7. The van der Waals surface area contributed by atoms with E-state index in [0.717, 1.165) is 19.4 Å². The predicted molar refractivity (Wildman–Crippen MR) is 69.2 cm³/mol. The summed E-state index contributed by atoms with van der Waals surface area (Å²) in [6, 6.07) is 6.70. The molecule has 1 aliphatic rings. The Morgan fingerprint density at radius 1 is 1.44 bits per heavy atom. The molecule has 1 N–H and O–H groups in total. The Hall–Kier alpha value is -1.13. The van der Waals surface area contributed by atoms with Crippen molar-refractivity contribution in [2.45, 2.75) is 12.8 Å². The maximum atomic E-state index is 13.7. The average molecular weight is 253 g/mol. The van der Waals surface area contributed by atoms with Gasteiger partial charge in [0.1, 0.15) is 5.82 Å². The second kappa shape index (κ2) is 5.67. The molecule has 1 saturated heterocycles. The molecule has 0 radical (unpaired) electrons. The Labute approximate surface area is 107 Å². The minimum atomic E-state index is -0.269. The number of aliphatic hydroxyl groups excluding tert-OH is 1. The summed E-state index contributed by atoms with van der Waals surface area (Å²) in [6.45, 7) is 1.98. The largest absolute Gasteiger partial charge is 0.396 e. The summed E-state index contributed by atoms with van der Waals surface area (Å²) in [6.07, 6.45) is 1.87. The SMILES string of the molecule is CN(CC1(CO)CCCOC1)c1ccccc1F. The van der Waals surface area contributed by atoms with Crippen LogP contribution in [0.5, 0.6) is 0 Å². The monoisotopic (exact) mass is 253 g/mol. The third kappa shape index (κ3) is 2.82. The van der Waals surface area contributed by atoms with Crippen LogP contribution in [-0.2, 0) is 4.74 Å². The summed E-state index contributed by atoms with van der Waals surface area (Å²) in [7, 11) is 1.85. The maximum Gasteiger partial charge on any atom is 0.146 e. The van der Waals surface area contributed by atoms with Gasteiger partial charge in [-0.1, -0.05) is 12.1 Å². The number of ether oxygens (including phenoxy) is 1. The molecule has 0 amide bonds. The van der Waals surface area contributed by atoms with Gasteiger partial charge in [-0.05, 0) is 25.0 Å². The molecule has 18 heavy (non-hydrogen) atoms. The number of rotatable bonds is 4. The Bertz CT molecular complexity index is 391. The molecule has 0 saturated carbocycles. The molecule has 1 aromatic rings. The predicted octanol–water partition coefficient (Wildman–Crippen LogP) is 2.05. The van der Waals surface area contributed by atoms with Crippen LogP contribution in [0.4, 0.5) is 10.1 Å². The van der Waals surface area contributed by atoms with Crippen molar-refractivity contribution in [2.75, 3.05) is 38.3 Å². The van der Waals surface area contributed by atoms with E-state index in [4.69, 9.17) is 4.74 Å². The lowest BCUT2D eigenvalue weighted by Gasteiger charge is -2.39. The van der Waals surface area contributed by atoms with E-state index in [1.807, 2.05) is 18.0 Å². The fourth-order valence-corrected chi connectivity index (χ4v) is 2.56. The van der Waals surface area contributed by atoms with E-state index >= 15 is 0 Å². The average Bonchev–Trinajstić information content (AvgIpc) is 2.40. The van der Waals surface area contributed by atoms with E-state index in [1.54, 1.807) is 12.1 Å². The number of hydrogen-bond acceptors (Lipinski definition) is 3. The number of anilines is 1. The second-order valence-corrected chi connectivity index (χ2v) is 5.12. The molecule has 1 aliphatic heterocycles. The van der Waals surface area contributed by atoms with Gasteiger partial charge in [-0.3, -0.25) is 0 Å². The molecule has 1 fully saturated rings. The molecule has 1 atom stereocenters. The fourth-order valence-electron chi connectivity index (χ4n) is 2.56. The van der Waals surface area contributed by atoms with E-state index in [0.29, 0.717) is 18.8 Å². The highest BCUT2D eigenvalue weighted by Gasteiger charge is 2.34. The number of halogens is 1. The Morgan fingerprint density at radius 3 is 2.83 bits per heavy atom. The zero-order valence-electron chi connectivity index (χ0n) is 10.7. The molecule has 1 heterocycles. The Morgan fingerprint density at radius 2 is 2.22 bits per heavy atom. The fraction of sp³-hybridized carbons (Fsp3) is 0.571. The highest BCUT2D eigenvalue weighted by Crippen LogP contribution is 2.31. The first-order chi connectivity index (χ1) is 8.67. The van der Waals surface area contributed by atoms with Crippen molar-refractivity contribution in [3.8, 4) is 0 Å². The first kappa shape index (κ1) is 13.3. The Balaban J connectivity index is 2.10. The lowest BCUT2D eigenvalue weighted by Crippen LogP contribution is -2.44. The molecule has 0 bridgehead atoms. The first-order valence-corrected chi connectivity index (χ1v) is 6.31. The molecule has 1 aromatic carbocycles. The van der Waals surface area contributed by atoms with Crippen LogP contribution in [0, 0.1) is 11.2 Å². The highest BCUT2D eigenvalue weighted by atomic mass is 19.1. The van der Waals surface area contributed by atoms with E-state index in [2.05, 4.69) is 0 Å². The minimum absolute atomic E-state index is 0.0752. The van der Waals surface area contributed by atoms with Gasteiger partial charge in [0.2, 0.25) is 0 Å². The quantitative estimate of drug-likeness (QED) is 0.891. The second-order valence-electron chi connectivity index (χ2n) is 5.12. The van der Waals surface area contributed by atoms with Crippen LogP contribution >= 0.6 is 0 Å². The van der Waals surface area contributed by atoms with Crippen molar-refractivity contribution in [3.05, 3.63) is 30.1 Å². The third-order valence-corrected chi connectivity index (χ3v) is 3.58. The number of benzene rings is 1. The van der Waals surface area contributed by atoms with Gasteiger partial charge in [0.25, 0.3) is 0 Å². The smallest absolute Gasteiger partial charge is 0.146 e. The van der Waals surface area contributed by atoms with E-state index in [9.17, 15) is 9.50 Å². The summed E-state index contributed by atoms with van der Waals surface area (Å²) in [5, 5.41) is 9.61. The molecule has 2 rings (SSSR count). The van der Waals surface area contributed by atoms with Gasteiger partial charge in [0, 0.05) is 25.6 Å². The van der Waals surface area contributed by atoms with Crippen molar-refractivity contribution in [2.24, 2.45) is 5.41 Å². The van der Waals surface area contributed by atoms with Gasteiger partial charge in [-0.2, -0.15) is 0 Å². The van der Waals surface area contributed by atoms with Crippen molar-refractivity contribution < 1.29 is 14.2 Å². The molecule has 0 aliphatic carbocycles. The van der Waals surface area contributed by atoms with Gasteiger partial charge >= 0.3 is 0 Å². The number of para-hydroxylation sites is 1. The van der Waals surface area contributed by atoms with Gasteiger partial charge in [0.05, 0.1) is 18.9 Å².